The van der Waals surface area contributed by atoms with E-state index in [1.54, 1.807) is 6.20 Å². The second-order valence-electron chi connectivity index (χ2n) is 7.40. The third-order valence-electron chi connectivity index (χ3n) is 5.86. The molecule has 2 amide bonds. The normalized spacial score (nSPS) is 26.1. The number of piperidine rings is 1. The molecule has 4 rings (SSSR count). The van der Waals surface area contributed by atoms with Gasteiger partial charge >= 0.3 is 0 Å². The molecule has 1 spiro atoms. The van der Waals surface area contributed by atoms with Gasteiger partial charge in [-0.15, -0.1) is 0 Å². The number of nitrogens with zero attached hydrogens (tertiary/aromatic N) is 4. The van der Waals surface area contributed by atoms with E-state index in [2.05, 4.69) is 16.9 Å². The highest BCUT2D eigenvalue weighted by atomic mass is 16.5. The molecule has 2 aliphatic heterocycles. The largest absolute Gasteiger partial charge is 0.363 e. The average molecular weight is 344 g/mol. The second kappa shape index (κ2) is 6.37. The van der Waals surface area contributed by atoms with Gasteiger partial charge in [0.15, 0.2) is 0 Å². The first kappa shape index (κ1) is 16.4. The molecule has 3 heterocycles. The number of carbonyl (C=O) groups excluding carboxylic acids is 2. The SMILES string of the molecule is C[C@@H]1N(CC2CC2)C(=O)COC12CCN(C(=O)c1cnccn1)CC2. The van der Waals surface area contributed by atoms with Gasteiger partial charge in [-0.3, -0.25) is 14.6 Å². The van der Waals surface area contributed by atoms with E-state index in [4.69, 9.17) is 4.74 Å². The third-order valence-corrected chi connectivity index (χ3v) is 5.86. The Bertz CT molecular complexity index is 654. The molecule has 1 atom stereocenters. The smallest absolute Gasteiger partial charge is 0.274 e. The lowest BCUT2D eigenvalue weighted by atomic mass is 9.82. The summed E-state index contributed by atoms with van der Waals surface area (Å²) >= 11 is 0. The predicted octanol–water partition coefficient (Wildman–Crippen LogP) is 1.11. The fourth-order valence-electron chi connectivity index (χ4n) is 3.97. The molecular weight excluding hydrogens is 320 g/mol. The Kier molecular flexibility index (Phi) is 4.19. The zero-order chi connectivity index (χ0) is 17.4. The Labute approximate surface area is 147 Å². The zero-order valence-corrected chi connectivity index (χ0v) is 14.6. The first-order chi connectivity index (χ1) is 12.1. The van der Waals surface area contributed by atoms with E-state index in [-0.39, 0.29) is 30.1 Å². The second-order valence-corrected chi connectivity index (χ2v) is 7.40. The molecule has 1 aliphatic carbocycles. The molecule has 134 valence electrons. The fourth-order valence-corrected chi connectivity index (χ4v) is 3.97. The van der Waals surface area contributed by atoms with Gasteiger partial charge in [-0.05, 0) is 38.5 Å². The molecule has 0 unspecified atom stereocenters. The number of carbonyl (C=O) groups is 2. The number of ether oxygens (including phenoxy) is 1. The van der Waals surface area contributed by atoms with E-state index >= 15 is 0 Å². The fraction of sp³-hybridized carbons (Fsp3) is 0.667. The number of likely N-dealkylation sites (tertiary alicyclic amines) is 1. The van der Waals surface area contributed by atoms with Crippen LogP contribution in [-0.4, -0.2) is 69.5 Å². The summed E-state index contributed by atoms with van der Waals surface area (Å²) in [4.78, 5) is 36.7. The minimum absolute atomic E-state index is 0.0584. The molecular formula is C18H24N4O3. The monoisotopic (exact) mass is 344 g/mol. The van der Waals surface area contributed by atoms with Crippen molar-refractivity contribution in [3.05, 3.63) is 24.3 Å². The zero-order valence-electron chi connectivity index (χ0n) is 14.6. The first-order valence-corrected chi connectivity index (χ1v) is 9.08. The Morgan fingerprint density at radius 1 is 1.32 bits per heavy atom. The lowest BCUT2D eigenvalue weighted by molar-refractivity contribution is -0.185. The van der Waals surface area contributed by atoms with Crippen molar-refractivity contribution in [1.29, 1.82) is 0 Å². The van der Waals surface area contributed by atoms with Gasteiger partial charge in [-0.25, -0.2) is 4.98 Å². The summed E-state index contributed by atoms with van der Waals surface area (Å²) in [5, 5.41) is 0. The highest BCUT2D eigenvalue weighted by Gasteiger charge is 2.49. The lowest BCUT2D eigenvalue weighted by Gasteiger charge is -2.51. The highest BCUT2D eigenvalue weighted by Crippen LogP contribution is 2.38. The Morgan fingerprint density at radius 3 is 2.72 bits per heavy atom. The number of aromatic nitrogens is 2. The summed E-state index contributed by atoms with van der Waals surface area (Å²) in [5.74, 6) is 0.681. The van der Waals surface area contributed by atoms with Crippen LogP contribution in [0, 0.1) is 5.92 Å². The molecule has 0 N–H and O–H groups in total. The summed E-state index contributed by atoms with van der Waals surface area (Å²) in [5.41, 5.74) is 0.0451. The number of morpholine rings is 1. The van der Waals surface area contributed by atoms with E-state index < -0.39 is 0 Å². The summed E-state index contributed by atoms with van der Waals surface area (Å²) in [7, 11) is 0. The van der Waals surface area contributed by atoms with Gasteiger partial charge in [-0.2, -0.15) is 0 Å². The van der Waals surface area contributed by atoms with Gasteiger partial charge in [-0.1, -0.05) is 0 Å². The van der Waals surface area contributed by atoms with Gasteiger partial charge in [0, 0.05) is 32.0 Å². The van der Waals surface area contributed by atoms with E-state index in [0.717, 1.165) is 19.4 Å². The molecule has 0 radical (unpaired) electrons. The molecule has 3 fully saturated rings. The maximum Gasteiger partial charge on any atom is 0.274 e. The average Bonchev–Trinajstić information content (AvgIpc) is 3.47. The summed E-state index contributed by atoms with van der Waals surface area (Å²) < 4.78 is 6.04. The molecule has 2 saturated heterocycles. The van der Waals surface area contributed by atoms with Crippen LogP contribution in [0.5, 0.6) is 0 Å². The van der Waals surface area contributed by atoms with Crippen molar-refractivity contribution in [3.63, 3.8) is 0 Å². The van der Waals surface area contributed by atoms with Crippen molar-refractivity contribution in [2.75, 3.05) is 26.2 Å². The molecule has 0 aromatic carbocycles. The molecule has 3 aliphatic rings. The molecule has 7 nitrogen and oxygen atoms in total. The van der Waals surface area contributed by atoms with E-state index in [9.17, 15) is 9.59 Å². The van der Waals surface area contributed by atoms with E-state index in [1.165, 1.54) is 25.2 Å². The van der Waals surface area contributed by atoms with Gasteiger partial charge in [0.05, 0.1) is 17.8 Å². The predicted molar refractivity (Wildman–Crippen MR) is 89.8 cm³/mol. The molecule has 1 aromatic rings. The lowest BCUT2D eigenvalue weighted by Crippen LogP contribution is -2.64. The van der Waals surface area contributed by atoms with Crippen LogP contribution in [0.3, 0.4) is 0 Å². The van der Waals surface area contributed by atoms with E-state index in [1.807, 2.05) is 9.80 Å². The van der Waals surface area contributed by atoms with Crippen LogP contribution in [0.25, 0.3) is 0 Å². The van der Waals surface area contributed by atoms with Crippen LogP contribution < -0.4 is 0 Å². The van der Waals surface area contributed by atoms with Crippen molar-refractivity contribution >= 4 is 11.8 Å². The van der Waals surface area contributed by atoms with Crippen molar-refractivity contribution < 1.29 is 14.3 Å². The number of rotatable bonds is 3. The number of hydrogen-bond donors (Lipinski definition) is 0. The molecule has 7 heteroatoms. The number of amides is 2. The van der Waals surface area contributed by atoms with Crippen LogP contribution in [0.1, 0.15) is 43.1 Å². The van der Waals surface area contributed by atoms with E-state index in [0.29, 0.717) is 24.7 Å². The minimum Gasteiger partial charge on any atom is -0.363 e. The maximum absolute atomic E-state index is 12.5. The van der Waals surface area contributed by atoms with Crippen LogP contribution in [0.4, 0.5) is 0 Å². The quantitative estimate of drug-likeness (QED) is 0.821. The number of hydrogen-bond acceptors (Lipinski definition) is 5. The van der Waals surface area contributed by atoms with Crippen molar-refractivity contribution in [1.82, 2.24) is 19.8 Å². The van der Waals surface area contributed by atoms with Crippen LogP contribution in [0.15, 0.2) is 18.6 Å². The van der Waals surface area contributed by atoms with Crippen molar-refractivity contribution in [2.24, 2.45) is 5.92 Å². The van der Waals surface area contributed by atoms with Gasteiger partial charge in [0.1, 0.15) is 12.3 Å². The topological polar surface area (TPSA) is 75.6 Å². The van der Waals surface area contributed by atoms with Crippen molar-refractivity contribution in [2.45, 2.75) is 44.2 Å². The summed E-state index contributed by atoms with van der Waals surface area (Å²) in [6.07, 6.45) is 8.54. The van der Waals surface area contributed by atoms with Crippen LogP contribution in [-0.2, 0) is 9.53 Å². The maximum atomic E-state index is 12.5. The van der Waals surface area contributed by atoms with Crippen LogP contribution in [0.2, 0.25) is 0 Å². The summed E-state index contributed by atoms with van der Waals surface area (Å²) in [6, 6.07) is 0.0584. The van der Waals surface area contributed by atoms with Gasteiger partial charge in [0.2, 0.25) is 5.91 Å². The standard InChI is InChI=1S/C18H24N4O3/c1-13-18(25-12-16(23)22(13)11-14-2-3-14)4-8-21(9-5-18)17(24)15-10-19-6-7-20-15/h6-7,10,13-14H,2-5,8-9,11-12H2,1H3/t13-/m0/s1. The molecule has 1 saturated carbocycles. The molecule has 0 bridgehead atoms. The van der Waals surface area contributed by atoms with Gasteiger partial charge in [0.25, 0.3) is 5.91 Å². The van der Waals surface area contributed by atoms with Crippen LogP contribution >= 0.6 is 0 Å². The molecule has 1 aromatic heterocycles. The Morgan fingerprint density at radius 2 is 2.08 bits per heavy atom. The third kappa shape index (κ3) is 3.13. The minimum atomic E-state index is -0.331. The Hall–Kier alpha value is -2.02. The molecule has 25 heavy (non-hydrogen) atoms. The van der Waals surface area contributed by atoms with Gasteiger partial charge < -0.3 is 14.5 Å². The van der Waals surface area contributed by atoms with Crippen molar-refractivity contribution in [3.8, 4) is 0 Å². The first-order valence-electron chi connectivity index (χ1n) is 9.08. The summed E-state index contributed by atoms with van der Waals surface area (Å²) in [6.45, 7) is 4.35. The highest BCUT2D eigenvalue weighted by molar-refractivity contribution is 5.92. The Balaban J connectivity index is 1.43.